The van der Waals surface area contributed by atoms with E-state index in [9.17, 15) is 26.4 Å². The van der Waals surface area contributed by atoms with Gasteiger partial charge in [0, 0.05) is 11.9 Å². The van der Waals surface area contributed by atoms with Crippen LogP contribution in [-0.2, 0) is 19.9 Å². The van der Waals surface area contributed by atoms with Gasteiger partial charge in [0.25, 0.3) is 15.6 Å². The summed E-state index contributed by atoms with van der Waals surface area (Å²) in [6.45, 7) is 0. The van der Waals surface area contributed by atoms with E-state index in [1.165, 1.54) is 65.5 Å². The fraction of sp³-hybridized carbons (Fsp3) is 0.0500. The number of sulfone groups is 1. The molecule has 2 aromatic heterocycles. The Morgan fingerprint density at radius 3 is 2.35 bits per heavy atom. The highest BCUT2D eigenvalue weighted by molar-refractivity contribution is 7.92. The smallest absolute Gasteiger partial charge is 0.307 e. The second kappa shape index (κ2) is 8.83. The number of sulfonamides is 1. The number of amides is 2. The van der Waals surface area contributed by atoms with E-state index in [0.29, 0.717) is 11.2 Å². The van der Waals surface area contributed by atoms with E-state index in [0.717, 1.165) is 17.6 Å². The van der Waals surface area contributed by atoms with Crippen molar-refractivity contribution >= 4 is 65.4 Å². The number of anilines is 1. The lowest BCUT2D eigenvalue weighted by molar-refractivity contribution is 0.256. The fourth-order valence-corrected chi connectivity index (χ4v) is 6.03. The van der Waals surface area contributed by atoms with Crippen LogP contribution in [0, 0.1) is 0 Å². The minimum absolute atomic E-state index is 0.00184. The van der Waals surface area contributed by atoms with E-state index in [-0.39, 0.29) is 24.5 Å². The number of hydrogen-bond acceptors (Lipinski definition) is 8. The van der Waals surface area contributed by atoms with E-state index in [4.69, 9.17) is 11.6 Å². The largest absolute Gasteiger partial charge is 0.333 e. The fourth-order valence-electron chi connectivity index (χ4n) is 2.99. The summed E-state index contributed by atoms with van der Waals surface area (Å²) < 4.78 is 51.3. The Kier molecular flexibility index (Phi) is 6.20. The van der Waals surface area contributed by atoms with Crippen LogP contribution in [0.3, 0.4) is 0 Å². The first-order valence-electron chi connectivity index (χ1n) is 9.35. The Hall–Kier alpha value is -3.26. The molecule has 0 aliphatic carbocycles. The number of hydrogen-bond donors (Lipinski definition) is 2. The SMILES string of the molecule is CS(=O)(=O)c1ccc2ncn(-c3ccc(NC(=O)NS(=O)(=O)c4ccc(Cl)s4)cc3)c(=O)c2c1. The molecule has 2 N–H and O–H groups in total. The quantitative estimate of drug-likeness (QED) is 0.397. The van der Waals surface area contributed by atoms with Crippen LogP contribution in [0.5, 0.6) is 0 Å². The predicted octanol–water partition coefficient (Wildman–Crippen LogP) is 3.01. The third-order valence-electron chi connectivity index (χ3n) is 4.60. The maximum atomic E-state index is 12.9. The molecule has 0 bridgehead atoms. The molecule has 0 radical (unpaired) electrons. The maximum Gasteiger partial charge on any atom is 0.333 e. The summed E-state index contributed by atoms with van der Waals surface area (Å²) in [5.41, 5.74) is 0.532. The van der Waals surface area contributed by atoms with E-state index >= 15 is 0 Å². The number of rotatable bonds is 5. The number of urea groups is 1. The molecule has 2 heterocycles. The highest BCUT2D eigenvalue weighted by Crippen LogP contribution is 2.25. The minimum Gasteiger partial charge on any atom is -0.307 e. The summed E-state index contributed by atoms with van der Waals surface area (Å²) >= 11 is 6.55. The first-order chi connectivity index (χ1) is 15.9. The Labute approximate surface area is 202 Å². The molecule has 0 saturated heterocycles. The topological polar surface area (TPSA) is 144 Å². The highest BCUT2D eigenvalue weighted by Gasteiger charge is 2.20. The molecular weight excluding hydrogens is 524 g/mol. The number of nitrogens with one attached hydrogen (secondary N) is 2. The molecule has 4 aromatic rings. The number of carbonyl (C=O) groups is 1. The zero-order valence-corrected chi connectivity index (χ0v) is 20.4. The number of halogens is 1. The summed E-state index contributed by atoms with van der Waals surface area (Å²) in [5, 5.41) is 2.52. The van der Waals surface area contributed by atoms with Crippen LogP contribution in [0.25, 0.3) is 16.6 Å². The monoisotopic (exact) mass is 538 g/mol. The molecule has 2 amide bonds. The van der Waals surface area contributed by atoms with Crippen molar-refractivity contribution in [3.05, 3.63) is 75.6 Å². The molecule has 34 heavy (non-hydrogen) atoms. The van der Waals surface area contributed by atoms with Crippen molar-refractivity contribution in [2.45, 2.75) is 9.10 Å². The maximum absolute atomic E-state index is 12.9. The molecule has 0 aliphatic rings. The van der Waals surface area contributed by atoms with Crippen LogP contribution in [0.4, 0.5) is 10.5 Å². The lowest BCUT2D eigenvalue weighted by Crippen LogP contribution is -2.33. The average Bonchev–Trinajstić information content (AvgIpc) is 3.21. The summed E-state index contributed by atoms with van der Waals surface area (Å²) in [4.78, 5) is 29.3. The number of thiophene rings is 1. The number of nitrogens with zero attached hydrogens (tertiary/aromatic N) is 2. The van der Waals surface area contributed by atoms with E-state index in [1.54, 1.807) is 0 Å². The Balaban J connectivity index is 1.56. The molecule has 10 nitrogen and oxygen atoms in total. The molecule has 0 saturated carbocycles. The van der Waals surface area contributed by atoms with E-state index < -0.39 is 31.5 Å². The van der Waals surface area contributed by atoms with Gasteiger partial charge in [-0.2, -0.15) is 0 Å². The Bertz CT molecular complexity index is 1690. The molecule has 0 unspecified atom stereocenters. The van der Waals surface area contributed by atoms with Crippen molar-refractivity contribution in [3.63, 3.8) is 0 Å². The third-order valence-corrected chi connectivity index (χ3v) is 8.77. The third kappa shape index (κ3) is 4.97. The van der Waals surface area contributed by atoms with Crippen LogP contribution in [0.1, 0.15) is 0 Å². The van der Waals surface area contributed by atoms with Crippen molar-refractivity contribution in [1.82, 2.24) is 14.3 Å². The summed E-state index contributed by atoms with van der Waals surface area (Å²) in [5.74, 6) is 0. The van der Waals surface area contributed by atoms with Gasteiger partial charge in [0.15, 0.2) is 9.84 Å². The average molecular weight is 539 g/mol. The molecule has 2 aromatic carbocycles. The number of benzene rings is 2. The van der Waals surface area contributed by atoms with Gasteiger partial charge in [-0.15, -0.1) is 11.3 Å². The lowest BCUT2D eigenvalue weighted by atomic mass is 10.2. The number of aromatic nitrogens is 2. The molecule has 0 fully saturated rings. The second-order valence-corrected chi connectivity index (χ2v) is 12.7. The minimum atomic E-state index is -4.07. The van der Waals surface area contributed by atoms with Crippen LogP contribution in [0.15, 0.2) is 74.8 Å². The molecule has 0 aliphatic heterocycles. The summed E-state index contributed by atoms with van der Waals surface area (Å²) in [7, 11) is -7.58. The summed E-state index contributed by atoms with van der Waals surface area (Å²) in [6, 6.07) is 11.8. The van der Waals surface area contributed by atoms with Crippen LogP contribution < -0.4 is 15.6 Å². The first kappa shape index (κ1) is 23.9. The van der Waals surface area contributed by atoms with Gasteiger partial charge in [0.2, 0.25) is 0 Å². The molecule has 4 rings (SSSR count). The van der Waals surface area contributed by atoms with Crippen molar-refractivity contribution < 1.29 is 21.6 Å². The predicted molar refractivity (Wildman–Crippen MR) is 129 cm³/mol. The highest BCUT2D eigenvalue weighted by atomic mass is 35.5. The van der Waals surface area contributed by atoms with Crippen LogP contribution in [0.2, 0.25) is 4.34 Å². The van der Waals surface area contributed by atoms with Gasteiger partial charge in [0.1, 0.15) is 10.5 Å². The van der Waals surface area contributed by atoms with Crippen molar-refractivity contribution in [1.29, 1.82) is 0 Å². The molecule has 0 atom stereocenters. The first-order valence-corrected chi connectivity index (χ1v) is 13.9. The Morgan fingerprint density at radius 2 is 1.74 bits per heavy atom. The molecular formula is C20H15ClN4O6S3. The normalized spacial score (nSPS) is 11.9. The van der Waals surface area contributed by atoms with Gasteiger partial charge >= 0.3 is 6.03 Å². The van der Waals surface area contributed by atoms with Gasteiger partial charge in [-0.3, -0.25) is 9.36 Å². The van der Waals surface area contributed by atoms with E-state index in [1.807, 2.05) is 4.72 Å². The zero-order valence-electron chi connectivity index (χ0n) is 17.2. The number of carbonyl (C=O) groups excluding carboxylic acids is 1. The van der Waals surface area contributed by atoms with Crippen LogP contribution in [-0.4, -0.2) is 38.7 Å². The molecule has 14 heteroatoms. The van der Waals surface area contributed by atoms with Gasteiger partial charge in [-0.05, 0) is 54.6 Å². The standard InChI is InChI=1S/C20H15ClN4O6S3/c1-33(28,29)14-6-7-16-15(10-14)19(26)25(11-22-16)13-4-2-12(3-5-13)23-20(27)24-34(30,31)18-9-8-17(21)32-18/h2-11H,1H3,(H2,23,24,27). The van der Waals surface area contributed by atoms with Crippen molar-refractivity contribution in [2.24, 2.45) is 0 Å². The van der Waals surface area contributed by atoms with Crippen LogP contribution >= 0.6 is 22.9 Å². The van der Waals surface area contributed by atoms with Gasteiger partial charge < -0.3 is 5.32 Å². The van der Waals surface area contributed by atoms with Gasteiger partial charge in [0.05, 0.1) is 25.8 Å². The second-order valence-electron chi connectivity index (χ2n) is 7.04. The van der Waals surface area contributed by atoms with E-state index in [2.05, 4.69) is 10.3 Å². The van der Waals surface area contributed by atoms with Crippen molar-refractivity contribution in [2.75, 3.05) is 11.6 Å². The zero-order chi connectivity index (χ0) is 24.7. The van der Waals surface area contributed by atoms with Gasteiger partial charge in [-0.1, -0.05) is 11.6 Å². The van der Waals surface area contributed by atoms with Gasteiger partial charge in [-0.25, -0.2) is 31.3 Å². The molecule has 0 spiro atoms. The summed E-state index contributed by atoms with van der Waals surface area (Å²) in [6.07, 6.45) is 2.35. The lowest BCUT2D eigenvalue weighted by Gasteiger charge is -2.10. The molecule has 176 valence electrons. The Morgan fingerprint density at radius 1 is 1.03 bits per heavy atom. The van der Waals surface area contributed by atoms with Crippen molar-refractivity contribution in [3.8, 4) is 5.69 Å². The number of fused-ring (bicyclic) bond motifs is 1.